The van der Waals surface area contributed by atoms with Crippen LogP contribution in [0.2, 0.25) is 0 Å². The first-order valence-electron chi connectivity index (χ1n) is 10.7. The normalized spacial score (nSPS) is 11.5. The molecule has 0 aliphatic carbocycles. The van der Waals surface area contributed by atoms with Crippen molar-refractivity contribution in [3.63, 3.8) is 0 Å². The van der Waals surface area contributed by atoms with Gasteiger partial charge in [-0.2, -0.15) is 9.40 Å². The van der Waals surface area contributed by atoms with Gasteiger partial charge in [0.2, 0.25) is 15.9 Å². The van der Waals surface area contributed by atoms with Crippen molar-refractivity contribution in [2.75, 3.05) is 18.4 Å². The molecule has 1 amide bonds. The maximum absolute atomic E-state index is 13.1. The second kappa shape index (κ2) is 10.1. The van der Waals surface area contributed by atoms with Crippen molar-refractivity contribution in [3.8, 4) is 11.3 Å². The number of nitrogens with zero attached hydrogens (tertiary/aromatic N) is 3. The van der Waals surface area contributed by atoms with E-state index in [9.17, 15) is 18.0 Å². The fourth-order valence-electron chi connectivity index (χ4n) is 3.52. The minimum absolute atomic E-state index is 0.195. The van der Waals surface area contributed by atoms with Gasteiger partial charge in [0.1, 0.15) is 6.54 Å². The van der Waals surface area contributed by atoms with Crippen LogP contribution in [-0.4, -0.2) is 41.5 Å². The Hall–Kier alpha value is -3.30. The summed E-state index contributed by atoms with van der Waals surface area (Å²) in [5.41, 5.74) is 2.76. The molecule has 33 heavy (non-hydrogen) atoms. The van der Waals surface area contributed by atoms with Crippen molar-refractivity contribution >= 4 is 21.6 Å². The highest BCUT2D eigenvalue weighted by Gasteiger charge is 2.24. The molecular formula is C24H28N4O4S. The Kier molecular flexibility index (Phi) is 7.45. The van der Waals surface area contributed by atoms with Gasteiger partial charge in [0.05, 0.1) is 10.6 Å². The summed E-state index contributed by atoms with van der Waals surface area (Å²) in [6.45, 7) is 7.70. The molecule has 0 unspecified atom stereocenters. The first-order chi connectivity index (χ1) is 15.6. The molecule has 0 aliphatic rings. The number of aryl methyl sites for hydroxylation is 2. The molecule has 0 bridgehead atoms. The van der Waals surface area contributed by atoms with Gasteiger partial charge in [-0.25, -0.2) is 13.1 Å². The van der Waals surface area contributed by atoms with Gasteiger partial charge in [0, 0.05) is 30.4 Å². The highest BCUT2D eigenvalue weighted by atomic mass is 32.2. The summed E-state index contributed by atoms with van der Waals surface area (Å²) in [4.78, 5) is 25.0. The lowest BCUT2D eigenvalue weighted by molar-refractivity contribution is -0.117. The van der Waals surface area contributed by atoms with Gasteiger partial charge in [0.25, 0.3) is 5.56 Å². The average Bonchev–Trinajstić information content (AvgIpc) is 2.76. The molecule has 0 spiro atoms. The SMILES string of the molecule is CCN(CC)S(=O)(=O)c1cc(-c2ccc(=O)n(CC(=O)Nc3cccc(C)c3)n2)ccc1C. The third kappa shape index (κ3) is 5.55. The average molecular weight is 469 g/mol. The molecular weight excluding hydrogens is 440 g/mol. The number of nitrogens with one attached hydrogen (secondary N) is 1. The maximum atomic E-state index is 13.1. The van der Waals surface area contributed by atoms with Crippen molar-refractivity contribution in [2.45, 2.75) is 39.1 Å². The van der Waals surface area contributed by atoms with Gasteiger partial charge < -0.3 is 5.32 Å². The fraction of sp³-hybridized carbons (Fsp3) is 0.292. The van der Waals surface area contributed by atoms with Crippen LogP contribution >= 0.6 is 0 Å². The predicted octanol–water partition coefficient (Wildman–Crippen LogP) is 3.20. The second-order valence-electron chi connectivity index (χ2n) is 7.70. The highest BCUT2D eigenvalue weighted by molar-refractivity contribution is 7.89. The van der Waals surface area contributed by atoms with Crippen LogP contribution in [0.4, 0.5) is 5.69 Å². The van der Waals surface area contributed by atoms with Crippen LogP contribution in [0.25, 0.3) is 11.3 Å². The fourth-order valence-corrected chi connectivity index (χ4v) is 5.22. The number of carbonyl (C=O) groups is 1. The number of hydrogen-bond donors (Lipinski definition) is 1. The molecule has 1 aromatic heterocycles. The minimum atomic E-state index is -3.66. The van der Waals surface area contributed by atoms with Crippen LogP contribution in [0, 0.1) is 13.8 Å². The molecule has 0 radical (unpaired) electrons. The first kappa shape index (κ1) is 24.3. The smallest absolute Gasteiger partial charge is 0.267 e. The summed E-state index contributed by atoms with van der Waals surface area (Å²) in [5, 5.41) is 7.07. The van der Waals surface area contributed by atoms with Gasteiger partial charge >= 0.3 is 0 Å². The van der Waals surface area contributed by atoms with Gasteiger partial charge in [-0.3, -0.25) is 9.59 Å². The monoisotopic (exact) mass is 468 g/mol. The standard InChI is InChI=1S/C24H28N4O4S/c1-5-27(6-2)33(31,32)22-15-19(11-10-18(22)4)21-12-13-24(30)28(26-21)16-23(29)25-20-9-7-8-17(3)14-20/h7-15H,5-6,16H2,1-4H3,(H,25,29). The molecule has 3 rings (SSSR count). The quantitative estimate of drug-likeness (QED) is 0.547. The number of anilines is 1. The third-order valence-corrected chi connectivity index (χ3v) is 7.46. The Balaban J connectivity index is 1.92. The maximum Gasteiger partial charge on any atom is 0.267 e. The van der Waals surface area contributed by atoms with Crippen molar-refractivity contribution < 1.29 is 13.2 Å². The Labute approximate surface area is 193 Å². The van der Waals surface area contributed by atoms with E-state index in [2.05, 4.69) is 10.4 Å². The van der Waals surface area contributed by atoms with E-state index in [0.717, 1.165) is 10.2 Å². The lowest BCUT2D eigenvalue weighted by Crippen LogP contribution is -2.31. The lowest BCUT2D eigenvalue weighted by atomic mass is 10.1. The molecule has 9 heteroatoms. The van der Waals surface area contributed by atoms with E-state index in [1.807, 2.05) is 25.1 Å². The van der Waals surface area contributed by atoms with Crippen molar-refractivity contribution in [1.82, 2.24) is 14.1 Å². The topological polar surface area (TPSA) is 101 Å². The molecule has 0 atom stereocenters. The molecule has 0 fully saturated rings. The molecule has 0 aliphatic heterocycles. The summed E-state index contributed by atoms with van der Waals surface area (Å²) in [6.07, 6.45) is 0. The van der Waals surface area contributed by atoms with Gasteiger partial charge in [0.15, 0.2) is 0 Å². The van der Waals surface area contributed by atoms with Gasteiger partial charge in [-0.15, -0.1) is 0 Å². The Morgan fingerprint density at radius 3 is 2.42 bits per heavy atom. The number of hydrogen-bond acceptors (Lipinski definition) is 5. The van der Waals surface area contributed by atoms with Crippen LogP contribution in [0.15, 0.2) is 64.3 Å². The van der Waals surface area contributed by atoms with E-state index in [-0.39, 0.29) is 17.3 Å². The van der Waals surface area contributed by atoms with Crippen LogP contribution in [0.1, 0.15) is 25.0 Å². The van der Waals surface area contributed by atoms with E-state index in [1.165, 1.54) is 16.4 Å². The summed E-state index contributed by atoms with van der Waals surface area (Å²) >= 11 is 0. The molecule has 0 saturated heterocycles. The molecule has 0 saturated carbocycles. The predicted molar refractivity (Wildman–Crippen MR) is 129 cm³/mol. The second-order valence-corrected chi connectivity index (χ2v) is 9.61. The Morgan fingerprint density at radius 2 is 1.76 bits per heavy atom. The molecule has 1 heterocycles. The molecule has 2 aromatic carbocycles. The lowest BCUT2D eigenvalue weighted by Gasteiger charge is -2.20. The molecule has 8 nitrogen and oxygen atoms in total. The largest absolute Gasteiger partial charge is 0.324 e. The van der Waals surface area contributed by atoms with Crippen LogP contribution < -0.4 is 10.9 Å². The highest BCUT2D eigenvalue weighted by Crippen LogP contribution is 2.25. The zero-order valence-electron chi connectivity index (χ0n) is 19.2. The number of carbonyl (C=O) groups excluding carboxylic acids is 1. The van der Waals surface area contributed by atoms with Crippen LogP contribution in [0.3, 0.4) is 0 Å². The summed E-state index contributed by atoms with van der Waals surface area (Å²) in [5.74, 6) is -0.388. The third-order valence-electron chi connectivity index (χ3n) is 5.27. The zero-order chi connectivity index (χ0) is 24.2. The number of benzene rings is 2. The van der Waals surface area contributed by atoms with Crippen molar-refractivity contribution in [3.05, 3.63) is 76.1 Å². The zero-order valence-corrected chi connectivity index (χ0v) is 20.0. The minimum Gasteiger partial charge on any atom is -0.324 e. The van der Waals surface area contributed by atoms with Crippen molar-refractivity contribution in [2.24, 2.45) is 0 Å². The van der Waals surface area contributed by atoms with E-state index in [4.69, 9.17) is 0 Å². The van der Waals surface area contributed by atoms with Gasteiger partial charge in [-0.05, 0) is 49.2 Å². The number of sulfonamides is 1. The molecule has 1 N–H and O–H groups in total. The van der Waals surface area contributed by atoms with E-state index >= 15 is 0 Å². The summed E-state index contributed by atoms with van der Waals surface area (Å²) in [6, 6.07) is 15.2. The van der Waals surface area contributed by atoms with Crippen molar-refractivity contribution in [1.29, 1.82) is 0 Å². The first-order valence-corrected chi connectivity index (χ1v) is 12.2. The van der Waals surface area contributed by atoms with E-state index in [1.54, 1.807) is 45.0 Å². The van der Waals surface area contributed by atoms with E-state index in [0.29, 0.717) is 35.6 Å². The summed E-state index contributed by atoms with van der Waals surface area (Å²) in [7, 11) is -3.66. The number of aromatic nitrogens is 2. The molecule has 3 aromatic rings. The summed E-state index contributed by atoms with van der Waals surface area (Å²) < 4.78 is 28.6. The number of amides is 1. The van der Waals surface area contributed by atoms with E-state index < -0.39 is 15.6 Å². The molecule has 174 valence electrons. The Bertz CT molecular complexity index is 1330. The number of rotatable bonds is 8. The van der Waals surface area contributed by atoms with Crippen LogP contribution in [0.5, 0.6) is 0 Å². The van der Waals surface area contributed by atoms with Crippen LogP contribution in [-0.2, 0) is 21.4 Å². The Morgan fingerprint density at radius 1 is 1.03 bits per heavy atom. The van der Waals surface area contributed by atoms with Gasteiger partial charge in [-0.1, -0.05) is 38.1 Å².